The van der Waals surface area contributed by atoms with Crippen molar-refractivity contribution in [3.63, 3.8) is 0 Å². The van der Waals surface area contributed by atoms with Crippen LogP contribution in [-0.2, 0) is 0 Å². The van der Waals surface area contributed by atoms with Gasteiger partial charge >= 0.3 is 0 Å². The number of imidazole rings is 1. The summed E-state index contributed by atoms with van der Waals surface area (Å²) >= 11 is 0. The van der Waals surface area contributed by atoms with E-state index in [2.05, 4.69) is 37.0 Å². The number of hydrogen-bond donors (Lipinski definition) is 0. The van der Waals surface area contributed by atoms with E-state index in [9.17, 15) is 4.39 Å². The zero-order valence-corrected chi connectivity index (χ0v) is 10.3. The first kappa shape index (κ1) is 11.0. The van der Waals surface area contributed by atoms with Crippen LogP contribution in [0.15, 0.2) is 42.7 Å². The number of rotatable bonds is 1. The second-order valence-corrected chi connectivity index (χ2v) is 4.56. The lowest BCUT2D eigenvalue weighted by Gasteiger charge is -2.02. The van der Waals surface area contributed by atoms with Gasteiger partial charge in [-0.25, -0.2) is 9.37 Å². The zero-order valence-electron chi connectivity index (χ0n) is 10.3. The van der Waals surface area contributed by atoms with E-state index in [0.717, 1.165) is 16.9 Å². The molecule has 90 valence electrons. The Labute approximate surface area is 105 Å². The predicted octanol–water partition coefficient (Wildman–Crippen LogP) is 3.76. The largest absolute Gasteiger partial charge is 0.304 e. The molecule has 0 N–H and O–H groups in total. The topological polar surface area (TPSA) is 17.3 Å². The number of nitrogens with zero attached hydrogens (tertiary/aromatic N) is 2. The van der Waals surface area contributed by atoms with Crippen molar-refractivity contribution >= 4 is 5.65 Å². The molecule has 0 radical (unpaired) electrons. The average molecular weight is 240 g/mol. The molecule has 2 aromatic heterocycles. The molecule has 3 aromatic rings. The van der Waals surface area contributed by atoms with Gasteiger partial charge in [0.05, 0.1) is 5.69 Å². The van der Waals surface area contributed by atoms with Gasteiger partial charge in [0.2, 0.25) is 0 Å². The third-order valence-electron chi connectivity index (χ3n) is 3.07. The van der Waals surface area contributed by atoms with E-state index in [1.807, 2.05) is 6.20 Å². The highest BCUT2D eigenvalue weighted by atomic mass is 19.1. The quantitative estimate of drug-likeness (QED) is 0.633. The minimum absolute atomic E-state index is 0.257. The van der Waals surface area contributed by atoms with E-state index in [0.29, 0.717) is 0 Å². The van der Waals surface area contributed by atoms with Crippen molar-refractivity contribution in [2.45, 2.75) is 13.8 Å². The summed E-state index contributed by atoms with van der Waals surface area (Å²) in [6.07, 6.45) is 3.30. The van der Waals surface area contributed by atoms with Gasteiger partial charge in [0.25, 0.3) is 0 Å². The Hall–Kier alpha value is -2.16. The van der Waals surface area contributed by atoms with Gasteiger partial charge in [-0.2, -0.15) is 0 Å². The first-order valence-electron chi connectivity index (χ1n) is 5.85. The smallest absolute Gasteiger partial charge is 0.139 e. The highest BCUT2D eigenvalue weighted by Crippen LogP contribution is 2.23. The molecular weight excluding hydrogens is 227 g/mol. The number of fused-ring (bicyclic) bond motifs is 1. The predicted molar refractivity (Wildman–Crippen MR) is 70.1 cm³/mol. The lowest BCUT2D eigenvalue weighted by atomic mass is 10.0. The van der Waals surface area contributed by atoms with Crippen molar-refractivity contribution in [1.29, 1.82) is 0 Å². The molecular formula is C15H13FN2. The molecule has 0 saturated heterocycles. The molecule has 0 unspecified atom stereocenters. The van der Waals surface area contributed by atoms with Crippen LogP contribution in [0.5, 0.6) is 0 Å². The van der Waals surface area contributed by atoms with Crippen LogP contribution in [0.1, 0.15) is 11.1 Å². The van der Waals surface area contributed by atoms with Crippen molar-refractivity contribution < 1.29 is 4.39 Å². The van der Waals surface area contributed by atoms with E-state index in [1.54, 1.807) is 10.5 Å². The molecule has 1 aromatic carbocycles. The van der Waals surface area contributed by atoms with Crippen LogP contribution < -0.4 is 0 Å². The average Bonchev–Trinajstić information content (AvgIpc) is 2.71. The van der Waals surface area contributed by atoms with Gasteiger partial charge in [-0.3, -0.25) is 0 Å². The lowest BCUT2D eigenvalue weighted by molar-refractivity contribution is 0.619. The number of halogens is 1. The van der Waals surface area contributed by atoms with Crippen LogP contribution in [0.4, 0.5) is 4.39 Å². The highest BCUT2D eigenvalue weighted by Gasteiger charge is 2.07. The van der Waals surface area contributed by atoms with Crippen LogP contribution >= 0.6 is 0 Å². The molecule has 0 amide bonds. The summed E-state index contributed by atoms with van der Waals surface area (Å²) in [5.41, 5.74) is 5.12. The van der Waals surface area contributed by atoms with Crippen molar-refractivity contribution in [2.24, 2.45) is 0 Å². The fraction of sp³-hybridized carbons (Fsp3) is 0.133. The Bertz CT molecular complexity index is 728. The Morgan fingerprint density at radius 2 is 1.89 bits per heavy atom. The van der Waals surface area contributed by atoms with Crippen LogP contribution in [0.3, 0.4) is 0 Å². The molecule has 0 spiro atoms. The van der Waals surface area contributed by atoms with Crippen LogP contribution in [0, 0.1) is 19.7 Å². The summed E-state index contributed by atoms with van der Waals surface area (Å²) in [7, 11) is 0. The first-order valence-corrected chi connectivity index (χ1v) is 5.85. The fourth-order valence-electron chi connectivity index (χ4n) is 2.20. The van der Waals surface area contributed by atoms with Gasteiger partial charge in [0, 0.05) is 18.0 Å². The molecule has 0 aliphatic heterocycles. The number of hydrogen-bond acceptors (Lipinski definition) is 1. The van der Waals surface area contributed by atoms with E-state index in [1.165, 1.54) is 23.4 Å². The molecule has 3 rings (SSSR count). The summed E-state index contributed by atoms with van der Waals surface area (Å²) < 4.78 is 14.8. The minimum Gasteiger partial charge on any atom is -0.304 e. The van der Waals surface area contributed by atoms with E-state index >= 15 is 0 Å². The molecule has 0 aliphatic rings. The normalized spacial score (nSPS) is 11.1. The first-order chi connectivity index (χ1) is 8.63. The van der Waals surface area contributed by atoms with E-state index in [-0.39, 0.29) is 5.82 Å². The van der Waals surface area contributed by atoms with Gasteiger partial charge in [-0.15, -0.1) is 0 Å². The lowest BCUT2D eigenvalue weighted by Crippen LogP contribution is -1.84. The Morgan fingerprint density at radius 1 is 1.06 bits per heavy atom. The molecule has 0 fully saturated rings. The number of benzene rings is 1. The maximum atomic E-state index is 13.1. The Morgan fingerprint density at radius 3 is 2.67 bits per heavy atom. The minimum atomic E-state index is -0.257. The SMILES string of the molecule is Cc1ccc(-c2cn3cc(F)ccc3n2)c(C)c1. The zero-order chi connectivity index (χ0) is 12.7. The van der Waals surface area contributed by atoms with Crippen molar-refractivity contribution in [3.05, 3.63) is 59.7 Å². The van der Waals surface area contributed by atoms with Gasteiger partial charge < -0.3 is 4.40 Å². The number of aryl methyl sites for hydroxylation is 2. The second-order valence-electron chi connectivity index (χ2n) is 4.56. The third kappa shape index (κ3) is 1.78. The maximum Gasteiger partial charge on any atom is 0.139 e. The number of aromatic nitrogens is 2. The van der Waals surface area contributed by atoms with E-state index < -0.39 is 0 Å². The van der Waals surface area contributed by atoms with Crippen LogP contribution in [-0.4, -0.2) is 9.38 Å². The Kier molecular flexibility index (Phi) is 2.40. The van der Waals surface area contributed by atoms with Gasteiger partial charge in [0.15, 0.2) is 0 Å². The molecule has 0 aliphatic carbocycles. The maximum absolute atomic E-state index is 13.1. The molecule has 2 heterocycles. The molecule has 0 saturated carbocycles. The van der Waals surface area contributed by atoms with Crippen LogP contribution in [0.2, 0.25) is 0 Å². The van der Waals surface area contributed by atoms with Crippen LogP contribution in [0.25, 0.3) is 16.9 Å². The summed E-state index contributed by atoms with van der Waals surface area (Å²) in [6.45, 7) is 4.13. The van der Waals surface area contributed by atoms with Crippen molar-refractivity contribution in [2.75, 3.05) is 0 Å². The Balaban J connectivity index is 2.19. The summed E-state index contributed by atoms with van der Waals surface area (Å²) in [5, 5.41) is 0. The fourth-order valence-corrected chi connectivity index (χ4v) is 2.20. The van der Waals surface area contributed by atoms with Gasteiger partial charge in [-0.05, 0) is 31.5 Å². The van der Waals surface area contributed by atoms with Gasteiger partial charge in [-0.1, -0.05) is 23.8 Å². The highest BCUT2D eigenvalue weighted by molar-refractivity contribution is 5.66. The second kappa shape index (κ2) is 3.95. The van der Waals surface area contributed by atoms with Crippen molar-refractivity contribution in [3.8, 4) is 11.3 Å². The molecule has 0 bridgehead atoms. The molecule has 0 atom stereocenters. The monoisotopic (exact) mass is 240 g/mol. The number of pyridine rings is 1. The third-order valence-corrected chi connectivity index (χ3v) is 3.07. The molecule has 18 heavy (non-hydrogen) atoms. The summed E-state index contributed by atoms with van der Waals surface area (Å²) in [5.74, 6) is -0.257. The van der Waals surface area contributed by atoms with Crippen molar-refractivity contribution in [1.82, 2.24) is 9.38 Å². The summed E-state index contributed by atoms with van der Waals surface area (Å²) in [4.78, 5) is 4.51. The van der Waals surface area contributed by atoms with E-state index in [4.69, 9.17) is 0 Å². The standard InChI is InChI=1S/C15H13FN2/c1-10-3-5-13(11(2)7-10)14-9-18-8-12(16)4-6-15(18)17-14/h3-9H,1-2H3. The molecule has 3 heteroatoms. The molecule has 2 nitrogen and oxygen atoms in total. The summed E-state index contributed by atoms with van der Waals surface area (Å²) in [6, 6.07) is 9.35. The van der Waals surface area contributed by atoms with Gasteiger partial charge in [0.1, 0.15) is 11.5 Å².